The molecule has 0 aliphatic carbocycles. The largest absolute Gasteiger partial charge is 0.419 e. The SMILES string of the molecule is Cc1cc(OC(=O)N(CF)CF)cc(C(C)C)c1. The Morgan fingerprint density at radius 1 is 1.28 bits per heavy atom. The zero-order valence-electron chi connectivity index (χ0n) is 10.7. The first kappa shape index (κ1) is 14.4. The minimum absolute atomic E-state index is 0.279. The van der Waals surface area contributed by atoms with Gasteiger partial charge in [0, 0.05) is 0 Å². The van der Waals surface area contributed by atoms with Gasteiger partial charge in [0.2, 0.25) is 0 Å². The van der Waals surface area contributed by atoms with Crippen molar-refractivity contribution in [3.05, 3.63) is 29.3 Å². The number of alkyl halides is 2. The molecule has 3 nitrogen and oxygen atoms in total. The lowest BCUT2D eigenvalue weighted by Gasteiger charge is -2.15. The first-order chi connectivity index (χ1) is 8.47. The second kappa shape index (κ2) is 6.33. The van der Waals surface area contributed by atoms with Crippen LogP contribution in [0.25, 0.3) is 0 Å². The van der Waals surface area contributed by atoms with Crippen LogP contribution >= 0.6 is 0 Å². The zero-order chi connectivity index (χ0) is 13.7. The number of nitrogens with zero attached hydrogens (tertiary/aromatic N) is 1. The van der Waals surface area contributed by atoms with Crippen LogP contribution in [0.1, 0.15) is 30.9 Å². The van der Waals surface area contributed by atoms with Gasteiger partial charge in [-0.2, -0.15) is 0 Å². The van der Waals surface area contributed by atoms with Crippen LogP contribution in [-0.2, 0) is 0 Å². The molecule has 0 N–H and O–H groups in total. The number of ether oxygens (including phenoxy) is 1. The van der Waals surface area contributed by atoms with Gasteiger partial charge in [0.15, 0.2) is 13.6 Å². The number of hydrogen-bond acceptors (Lipinski definition) is 2. The van der Waals surface area contributed by atoms with Gasteiger partial charge in [0.05, 0.1) is 0 Å². The Hall–Kier alpha value is -1.65. The van der Waals surface area contributed by atoms with Crippen molar-refractivity contribution in [3.8, 4) is 5.75 Å². The van der Waals surface area contributed by atoms with Crippen molar-refractivity contribution in [1.82, 2.24) is 4.90 Å². The van der Waals surface area contributed by atoms with Gasteiger partial charge in [-0.3, -0.25) is 4.90 Å². The average molecular weight is 257 g/mol. The molecule has 1 aromatic rings. The second-order valence-corrected chi connectivity index (χ2v) is 4.38. The van der Waals surface area contributed by atoms with Gasteiger partial charge < -0.3 is 4.74 Å². The molecular weight excluding hydrogens is 240 g/mol. The van der Waals surface area contributed by atoms with E-state index >= 15 is 0 Å². The van der Waals surface area contributed by atoms with E-state index in [1.165, 1.54) is 0 Å². The number of carbonyl (C=O) groups is 1. The highest BCUT2D eigenvalue weighted by atomic mass is 19.1. The van der Waals surface area contributed by atoms with E-state index in [9.17, 15) is 13.6 Å². The summed E-state index contributed by atoms with van der Waals surface area (Å²) in [6.45, 7) is 3.47. The molecule has 0 unspecified atom stereocenters. The van der Waals surface area contributed by atoms with Crippen molar-refractivity contribution in [2.24, 2.45) is 0 Å². The summed E-state index contributed by atoms with van der Waals surface area (Å²) in [5.41, 5.74) is 1.93. The fourth-order valence-corrected chi connectivity index (χ4v) is 1.46. The van der Waals surface area contributed by atoms with Gasteiger partial charge in [0.1, 0.15) is 5.75 Å². The second-order valence-electron chi connectivity index (χ2n) is 4.38. The van der Waals surface area contributed by atoms with Crippen molar-refractivity contribution >= 4 is 6.09 Å². The summed E-state index contributed by atoms with van der Waals surface area (Å²) in [6.07, 6.45) is -1.03. The molecule has 0 heterocycles. The fraction of sp³-hybridized carbons (Fsp3) is 0.462. The van der Waals surface area contributed by atoms with E-state index in [1.807, 2.05) is 26.8 Å². The van der Waals surface area contributed by atoms with Gasteiger partial charge in [-0.05, 0) is 36.1 Å². The molecule has 0 saturated carbocycles. The maximum Gasteiger partial charge on any atom is 0.419 e. The lowest BCUT2D eigenvalue weighted by molar-refractivity contribution is 0.103. The first-order valence-corrected chi connectivity index (χ1v) is 5.68. The minimum atomic E-state index is -1.21. The van der Waals surface area contributed by atoms with Gasteiger partial charge in [0.25, 0.3) is 0 Å². The van der Waals surface area contributed by atoms with Crippen molar-refractivity contribution in [1.29, 1.82) is 0 Å². The highest BCUT2D eigenvalue weighted by Crippen LogP contribution is 2.23. The number of carbonyl (C=O) groups excluding carboxylic acids is 1. The molecule has 0 spiro atoms. The van der Waals surface area contributed by atoms with Crippen LogP contribution in [0, 0.1) is 6.92 Å². The molecule has 0 fully saturated rings. The van der Waals surface area contributed by atoms with Gasteiger partial charge in [-0.15, -0.1) is 0 Å². The van der Waals surface area contributed by atoms with Crippen LogP contribution in [0.15, 0.2) is 18.2 Å². The molecule has 0 atom stereocenters. The number of amides is 1. The molecule has 0 radical (unpaired) electrons. The van der Waals surface area contributed by atoms with Gasteiger partial charge >= 0.3 is 6.09 Å². The summed E-state index contributed by atoms with van der Waals surface area (Å²) in [4.78, 5) is 11.7. The molecule has 1 aromatic carbocycles. The summed E-state index contributed by atoms with van der Waals surface area (Å²) >= 11 is 0. The van der Waals surface area contributed by atoms with Gasteiger partial charge in [-0.25, -0.2) is 13.6 Å². The molecule has 5 heteroatoms. The summed E-state index contributed by atoms with van der Waals surface area (Å²) in [7, 11) is 0. The van der Waals surface area contributed by atoms with Gasteiger partial charge in [-0.1, -0.05) is 19.9 Å². The maximum absolute atomic E-state index is 12.3. The molecule has 0 aliphatic heterocycles. The van der Waals surface area contributed by atoms with E-state index in [0.717, 1.165) is 11.1 Å². The Bertz CT molecular complexity index is 417. The summed E-state index contributed by atoms with van der Waals surface area (Å²) < 4.78 is 29.5. The molecule has 0 bridgehead atoms. The van der Waals surface area contributed by atoms with Crippen LogP contribution in [0.3, 0.4) is 0 Å². The molecule has 100 valence electrons. The number of rotatable bonds is 4. The molecule has 18 heavy (non-hydrogen) atoms. The maximum atomic E-state index is 12.3. The van der Waals surface area contributed by atoms with Crippen LogP contribution in [0.4, 0.5) is 13.6 Å². The Labute approximate surface area is 105 Å². The molecule has 1 amide bonds. The third-order valence-electron chi connectivity index (χ3n) is 2.49. The fourth-order valence-electron chi connectivity index (χ4n) is 1.46. The van der Waals surface area contributed by atoms with E-state index < -0.39 is 19.7 Å². The Morgan fingerprint density at radius 2 is 1.89 bits per heavy atom. The molecule has 0 aromatic heterocycles. The quantitative estimate of drug-likeness (QED) is 0.768. The number of benzene rings is 1. The van der Waals surface area contributed by atoms with E-state index in [-0.39, 0.29) is 5.92 Å². The topological polar surface area (TPSA) is 29.5 Å². The average Bonchev–Trinajstić information content (AvgIpc) is 2.29. The lowest BCUT2D eigenvalue weighted by Crippen LogP contribution is -2.32. The Kier molecular flexibility index (Phi) is 5.07. The monoisotopic (exact) mass is 257 g/mol. The first-order valence-electron chi connectivity index (χ1n) is 5.68. The van der Waals surface area contributed by atoms with Crippen LogP contribution in [-0.4, -0.2) is 24.6 Å². The number of hydrogen-bond donors (Lipinski definition) is 0. The van der Waals surface area contributed by atoms with E-state index in [2.05, 4.69) is 0 Å². The third kappa shape index (κ3) is 3.68. The predicted octanol–water partition coefficient (Wildman–Crippen LogP) is 3.77. The van der Waals surface area contributed by atoms with Crippen molar-refractivity contribution in [2.75, 3.05) is 13.6 Å². The number of aryl methyl sites for hydroxylation is 1. The minimum Gasteiger partial charge on any atom is -0.410 e. The molecule has 1 rings (SSSR count). The summed E-state index contributed by atoms with van der Waals surface area (Å²) in [6, 6.07) is 5.33. The van der Waals surface area contributed by atoms with Crippen LogP contribution in [0.2, 0.25) is 0 Å². The molecular formula is C13H17F2NO2. The van der Waals surface area contributed by atoms with Crippen LogP contribution < -0.4 is 4.74 Å². The Morgan fingerprint density at radius 3 is 2.39 bits per heavy atom. The summed E-state index contributed by atoms with van der Waals surface area (Å²) in [5, 5.41) is 0. The molecule has 0 saturated heterocycles. The zero-order valence-corrected chi connectivity index (χ0v) is 10.7. The number of halogens is 2. The lowest BCUT2D eigenvalue weighted by atomic mass is 10.0. The molecule has 0 aliphatic rings. The predicted molar refractivity (Wildman–Crippen MR) is 65.1 cm³/mol. The van der Waals surface area contributed by atoms with E-state index in [0.29, 0.717) is 10.6 Å². The van der Waals surface area contributed by atoms with E-state index in [1.54, 1.807) is 12.1 Å². The Balaban J connectivity index is 2.87. The van der Waals surface area contributed by atoms with E-state index in [4.69, 9.17) is 4.74 Å². The highest BCUT2D eigenvalue weighted by molar-refractivity contribution is 5.70. The third-order valence-corrected chi connectivity index (χ3v) is 2.49. The standard InChI is InChI=1S/C13H17F2NO2/c1-9(2)11-4-10(3)5-12(6-11)18-13(17)16(7-14)8-15/h4-6,9H,7-8H2,1-3H3. The van der Waals surface area contributed by atoms with Crippen LogP contribution in [0.5, 0.6) is 5.75 Å². The van der Waals surface area contributed by atoms with Crippen molar-refractivity contribution in [3.63, 3.8) is 0 Å². The normalized spacial score (nSPS) is 10.6. The smallest absolute Gasteiger partial charge is 0.410 e. The summed E-state index contributed by atoms with van der Waals surface area (Å²) in [5.74, 6) is 0.580. The van der Waals surface area contributed by atoms with Crippen molar-refractivity contribution < 1.29 is 18.3 Å². The highest BCUT2D eigenvalue weighted by Gasteiger charge is 2.15. The van der Waals surface area contributed by atoms with Crippen molar-refractivity contribution in [2.45, 2.75) is 26.7 Å².